The van der Waals surface area contributed by atoms with Crippen molar-refractivity contribution in [2.75, 3.05) is 19.8 Å². The minimum absolute atomic E-state index is 0.0629. The Morgan fingerprint density at radius 3 is 2.53 bits per heavy atom. The van der Waals surface area contributed by atoms with Crippen molar-refractivity contribution >= 4 is 0 Å². The van der Waals surface area contributed by atoms with Gasteiger partial charge < -0.3 is 14.8 Å². The molecule has 0 spiro atoms. The number of ether oxygens (including phenoxy) is 2. The van der Waals surface area contributed by atoms with Crippen molar-refractivity contribution in [3.63, 3.8) is 0 Å². The molecule has 1 rings (SSSR count). The highest BCUT2D eigenvalue weighted by atomic mass is 16.5. The van der Waals surface area contributed by atoms with Crippen LogP contribution in [0, 0.1) is 0 Å². The molecule has 0 fully saturated rings. The van der Waals surface area contributed by atoms with Crippen LogP contribution in [0.4, 0.5) is 0 Å². The van der Waals surface area contributed by atoms with Gasteiger partial charge in [0, 0.05) is 12.1 Å². The largest absolute Gasteiger partial charge is 0.491 e. The second-order valence-corrected chi connectivity index (χ2v) is 5.20. The molecule has 0 heterocycles. The normalized spacial score (nSPS) is 11.6. The Kier molecular flexibility index (Phi) is 6.89. The van der Waals surface area contributed by atoms with Crippen molar-refractivity contribution in [3.8, 4) is 5.75 Å². The van der Waals surface area contributed by atoms with Gasteiger partial charge >= 0.3 is 0 Å². The van der Waals surface area contributed by atoms with Crippen LogP contribution in [0.5, 0.6) is 5.75 Å². The average Bonchev–Trinajstić information content (AvgIpc) is 2.42. The van der Waals surface area contributed by atoms with Gasteiger partial charge in [-0.15, -0.1) is 0 Å². The van der Waals surface area contributed by atoms with E-state index < -0.39 is 0 Å². The van der Waals surface area contributed by atoms with Gasteiger partial charge in [0.15, 0.2) is 0 Å². The second kappa shape index (κ2) is 8.18. The molecule has 108 valence electrons. The zero-order chi connectivity index (χ0) is 14.1. The predicted molar refractivity (Wildman–Crippen MR) is 79.6 cm³/mol. The molecule has 0 saturated heterocycles. The molecule has 1 N–H and O–H groups in total. The first kappa shape index (κ1) is 16.0. The number of rotatable bonds is 9. The van der Waals surface area contributed by atoms with Gasteiger partial charge in [-0.2, -0.15) is 0 Å². The molecule has 0 aromatic heterocycles. The van der Waals surface area contributed by atoms with Crippen molar-refractivity contribution in [1.82, 2.24) is 5.32 Å². The van der Waals surface area contributed by atoms with Crippen LogP contribution in [-0.4, -0.2) is 25.4 Å². The Morgan fingerprint density at radius 2 is 1.84 bits per heavy atom. The highest BCUT2D eigenvalue weighted by molar-refractivity contribution is 5.33. The Balaban J connectivity index is 2.40. The molecule has 1 aromatic carbocycles. The lowest BCUT2D eigenvalue weighted by Crippen LogP contribution is -2.25. The first-order valence-electron chi connectivity index (χ1n) is 7.14. The van der Waals surface area contributed by atoms with E-state index >= 15 is 0 Å². The van der Waals surface area contributed by atoms with E-state index in [0.29, 0.717) is 13.2 Å². The van der Waals surface area contributed by atoms with Gasteiger partial charge in [0.2, 0.25) is 0 Å². The third-order valence-corrected chi connectivity index (χ3v) is 3.22. The molecule has 0 aliphatic heterocycles. The van der Waals surface area contributed by atoms with Gasteiger partial charge in [0.1, 0.15) is 12.4 Å². The van der Waals surface area contributed by atoms with Gasteiger partial charge in [0.05, 0.1) is 12.2 Å². The first-order chi connectivity index (χ1) is 9.09. The summed E-state index contributed by atoms with van der Waals surface area (Å²) >= 11 is 0. The van der Waals surface area contributed by atoms with Gasteiger partial charge in [0.25, 0.3) is 0 Å². The SMILES string of the molecule is CCNCc1ccccc1OCCOC(C)(C)CC. The van der Waals surface area contributed by atoms with E-state index in [1.165, 1.54) is 5.56 Å². The van der Waals surface area contributed by atoms with E-state index in [-0.39, 0.29) is 5.60 Å². The molecule has 3 nitrogen and oxygen atoms in total. The maximum absolute atomic E-state index is 5.81. The van der Waals surface area contributed by atoms with E-state index in [0.717, 1.165) is 25.3 Å². The maximum Gasteiger partial charge on any atom is 0.123 e. The minimum Gasteiger partial charge on any atom is -0.491 e. The summed E-state index contributed by atoms with van der Waals surface area (Å²) in [6.07, 6.45) is 1.00. The van der Waals surface area contributed by atoms with E-state index in [4.69, 9.17) is 9.47 Å². The van der Waals surface area contributed by atoms with Crippen LogP contribution in [0.25, 0.3) is 0 Å². The lowest BCUT2D eigenvalue weighted by atomic mass is 10.1. The Labute approximate surface area is 117 Å². The molecule has 0 amide bonds. The van der Waals surface area contributed by atoms with Crippen molar-refractivity contribution in [3.05, 3.63) is 29.8 Å². The van der Waals surface area contributed by atoms with E-state index in [9.17, 15) is 0 Å². The van der Waals surface area contributed by atoms with Gasteiger partial charge in [-0.1, -0.05) is 32.0 Å². The quantitative estimate of drug-likeness (QED) is 0.694. The van der Waals surface area contributed by atoms with Crippen LogP contribution < -0.4 is 10.1 Å². The number of hydrogen-bond donors (Lipinski definition) is 1. The fourth-order valence-electron chi connectivity index (χ4n) is 1.62. The molecule has 0 aliphatic carbocycles. The number of para-hydroxylation sites is 1. The Bertz CT molecular complexity index is 364. The van der Waals surface area contributed by atoms with Crippen molar-refractivity contribution in [1.29, 1.82) is 0 Å². The second-order valence-electron chi connectivity index (χ2n) is 5.20. The predicted octanol–water partition coefficient (Wildman–Crippen LogP) is 3.38. The number of hydrogen-bond acceptors (Lipinski definition) is 3. The van der Waals surface area contributed by atoms with Crippen LogP contribution in [0.15, 0.2) is 24.3 Å². The summed E-state index contributed by atoms with van der Waals surface area (Å²) in [5, 5.41) is 3.32. The lowest BCUT2D eigenvalue weighted by molar-refractivity contribution is -0.0318. The fraction of sp³-hybridized carbons (Fsp3) is 0.625. The highest BCUT2D eigenvalue weighted by Crippen LogP contribution is 2.18. The standard InChI is InChI=1S/C16H27NO2/c1-5-16(3,4)19-12-11-18-15-10-8-7-9-14(15)13-17-6-2/h7-10,17H,5-6,11-13H2,1-4H3. The average molecular weight is 265 g/mol. The third-order valence-electron chi connectivity index (χ3n) is 3.22. The summed E-state index contributed by atoms with van der Waals surface area (Å²) in [5.41, 5.74) is 1.13. The van der Waals surface area contributed by atoms with Gasteiger partial charge in [-0.05, 0) is 32.9 Å². The van der Waals surface area contributed by atoms with Crippen molar-refractivity contribution < 1.29 is 9.47 Å². The summed E-state index contributed by atoms with van der Waals surface area (Å²) < 4.78 is 11.6. The molecule has 0 bridgehead atoms. The lowest BCUT2D eigenvalue weighted by Gasteiger charge is -2.23. The highest BCUT2D eigenvalue weighted by Gasteiger charge is 2.14. The molecule has 1 aromatic rings. The van der Waals surface area contributed by atoms with Crippen LogP contribution in [0.2, 0.25) is 0 Å². The first-order valence-corrected chi connectivity index (χ1v) is 7.14. The smallest absolute Gasteiger partial charge is 0.123 e. The fourth-order valence-corrected chi connectivity index (χ4v) is 1.62. The minimum atomic E-state index is -0.0629. The van der Waals surface area contributed by atoms with Gasteiger partial charge in [-0.3, -0.25) is 0 Å². The van der Waals surface area contributed by atoms with Crippen LogP contribution >= 0.6 is 0 Å². The molecule has 0 unspecified atom stereocenters. The summed E-state index contributed by atoms with van der Waals surface area (Å²) in [6, 6.07) is 8.14. The topological polar surface area (TPSA) is 30.5 Å². The Hall–Kier alpha value is -1.06. The molecule has 0 saturated carbocycles. The Morgan fingerprint density at radius 1 is 1.11 bits per heavy atom. The maximum atomic E-state index is 5.81. The molecule has 3 heteroatoms. The molecule has 0 aliphatic rings. The molecule has 19 heavy (non-hydrogen) atoms. The third kappa shape index (κ3) is 6.08. The van der Waals surface area contributed by atoms with Crippen LogP contribution in [0.1, 0.15) is 39.7 Å². The van der Waals surface area contributed by atoms with Crippen molar-refractivity contribution in [2.24, 2.45) is 0 Å². The van der Waals surface area contributed by atoms with E-state index in [1.807, 2.05) is 18.2 Å². The van der Waals surface area contributed by atoms with Crippen molar-refractivity contribution in [2.45, 2.75) is 46.3 Å². The summed E-state index contributed by atoms with van der Waals surface area (Å²) in [4.78, 5) is 0. The zero-order valence-corrected chi connectivity index (χ0v) is 12.7. The molecular formula is C16H27NO2. The zero-order valence-electron chi connectivity index (χ0n) is 12.7. The summed E-state index contributed by atoms with van der Waals surface area (Å²) in [7, 11) is 0. The monoisotopic (exact) mass is 265 g/mol. The number of nitrogens with one attached hydrogen (secondary N) is 1. The van der Waals surface area contributed by atoms with Crippen LogP contribution in [-0.2, 0) is 11.3 Å². The molecule has 0 atom stereocenters. The summed E-state index contributed by atoms with van der Waals surface area (Å²) in [6.45, 7) is 11.5. The number of benzene rings is 1. The summed E-state index contributed by atoms with van der Waals surface area (Å²) in [5.74, 6) is 0.946. The van der Waals surface area contributed by atoms with E-state index in [1.54, 1.807) is 0 Å². The van der Waals surface area contributed by atoms with Crippen LogP contribution in [0.3, 0.4) is 0 Å². The molecule has 0 radical (unpaired) electrons. The van der Waals surface area contributed by atoms with E-state index in [2.05, 4.69) is 39.1 Å². The van der Waals surface area contributed by atoms with Gasteiger partial charge in [-0.25, -0.2) is 0 Å². The molecular weight excluding hydrogens is 238 g/mol.